The van der Waals surface area contributed by atoms with Gasteiger partial charge in [-0.15, -0.1) is 0 Å². The van der Waals surface area contributed by atoms with E-state index in [2.05, 4.69) is 5.32 Å². The number of hydrogen-bond donors (Lipinski definition) is 2. The second-order valence-corrected chi connectivity index (χ2v) is 5.93. The molecule has 0 bridgehead atoms. The lowest BCUT2D eigenvalue weighted by Gasteiger charge is -2.13. The molecule has 0 aromatic heterocycles. The highest BCUT2D eigenvalue weighted by Crippen LogP contribution is 2.24. The summed E-state index contributed by atoms with van der Waals surface area (Å²) in [6.45, 7) is 4.13. The van der Waals surface area contributed by atoms with E-state index < -0.39 is 15.9 Å². The number of nitrogens with two attached hydrogens (primary N) is 1. The van der Waals surface area contributed by atoms with Crippen LogP contribution in [0, 0.1) is 0 Å². The maximum Gasteiger partial charge on any atom is 0.251 e. The fourth-order valence-corrected chi connectivity index (χ4v) is 2.27. The Bertz CT molecular complexity index is 601. The molecule has 21 heavy (non-hydrogen) atoms. The van der Waals surface area contributed by atoms with Crippen LogP contribution in [0.5, 0.6) is 5.75 Å². The Balaban J connectivity index is 3.02. The van der Waals surface area contributed by atoms with Gasteiger partial charge in [0.2, 0.25) is 10.0 Å². The third-order valence-corrected chi connectivity index (χ3v) is 3.70. The molecular weight excluding hydrogens is 296 g/mol. The number of carbonyl (C=O) groups excluding carboxylic acids is 1. The van der Waals surface area contributed by atoms with Gasteiger partial charge in [-0.1, -0.05) is 0 Å². The van der Waals surface area contributed by atoms with Crippen molar-refractivity contribution >= 4 is 15.9 Å². The summed E-state index contributed by atoms with van der Waals surface area (Å²) in [5.74, 6) is -0.284. The van der Waals surface area contributed by atoms with E-state index in [1.54, 1.807) is 13.8 Å². The van der Waals surface area contributed by atoms with Crippen LogP contribution in [0.3, 0.4) is 0 Å². The molecule has 3 N–H and O–H groups in total. The van der Waals surface area contributed by atoms with Gasteiger partial charge in [0.1, 0.15) is 10.6 Å². The molecule has 1 aromatic rings. The summed E-state index contributed by atoms with van der Waals surface area (Å²) < 4.78 is 33.3. The van der Waals surface area contributed by atoms with E-state index in [1.165, 1.54) is 25.3 Å². The van der Waals surface area contributed by atoms with Crippen LogP contribution in [0.15, 0.2) is 23.1 Å². The van der Waals surface area contributed by atoms with Crippen LogP contribution in [0.1, 0.15) is 24.2 Å². The number of sulfonamides is 1. The Hall–Kier alpha value is -1.64. The first-order valence-corrected chi connectivity index (χ1v) is 7.94. The molecule has 1 rings (SSSR count). The van der Waals surface area contributed by atoms with Gasteiger partial charge >= 0.3 is 0 Å². The number of rotatable bonds is 7. The standard InChI is InChI=1S/C13H20N2O5S/c1-4-20-11-6-5-10(7-12(11)21(14,17)18)13(16)15-8-9(2)19-3/h5-7,9H,4,8H2,1-3H3,(H,15,16)(H2,14,17,18). The van der Waals surface area contributed by atoms with Gasteiger partial charge in [0, 0.05) is 19.2 Å². The first kappa shape index (κ1) is 17.4. The zero-order valence-electron chi connectivity index (χ0n) is 12.3. The molecule has 0 fully saturated rings. The Kier molecular flexibility index (Phi) is 6.13. The van der Waals surface area contributed by atoms with Crippen LogP contribution in [0.4, 0.5) is 0 Å². The second kappa shape index (κ2) is 7.39. The summed E-state index contributed by atoms with van der Waals surface area (Å²) in [5, 5.41) is 7.78. The van der Waals surface area contributed by atoms with Crippen LogP contribution in [0.2, 0.25) is 0 Å². The van der Waals surface area contributed by atoms with Crippen molar-refractivity contribution < 1.29 is 22.7 Å². The van der Waals surface area contributed by atoms with Crippen LogP contribution in [-0.2, 0) is 14.8 Å². The molecule has 8 heteroatoms. The van der Waals surface area contributed by atoms with Crippen molar-refractivity contribution in [2.45, 2.75) is 24.8 Å². The van der Waals surface area contributed by atoms with Gasteiger partial charge in [0.15, 0.2) is 0 Å². The quantitative estimate of drug-likeness (QED) is 0.761. The molecular formula is C13H20N2O5S. The summed E-state index contributed by atoms with van der Waals surface area (Å²) >= 11 is 0. The minimum Gasteiger partial charge on any atom is -0.492 e. The molecule has 7 nitrogen and oxygen atoms in total. The van der Waals surface area contributed by atoms with Crippen molar-refractivity contribution in [1.29, 1.82) is 0 Å². The number of methoxy groups -OCH3 is 1. The van der Waals surface area contributed by atoms with Gasteiger partial charge < -0.3 is 14.8 Å². The second-order valence-electron chi connectivity index (χ2n) is 4.40. The van der Waals surface area contributed by atoms with Crippen molar-refractivity contribution in [2.75, 3.05) is 20.3 Å². The van der Waals surface area contributed by atoms with E-state index in [9.17, 15) is 13.2 Å². The Morgan fingerprint density at radius 3 is 2.62 bits per heavy atom. The smallest absolute Gasteiger partial charge is 0.251 e. The number of ether oxygens (including phenoxy) is 2. The Morgan fingerprint density at radius 2 is 2.10 bits per heavy atom. The van der Waals surface area contributed by atoms with E-state index in [0.717, 1.165) is 0 Å². The third kappa shape index (κ3) is 5.00. The van der Waals surface area contributed by atoms with Crippen LogP contribution in [0.25, 0.3) is 0 Å². The van der Waals surface area contributed by atoms with E-state index in [1.807, 2.05) is 0 Å². The topological polar surface area (TPSA) is 108 Å². The van der Waals surface area contributed by atoms with Gasteiger partial charge in [-0.3, -0.25) is 4.79 Å². The predicted octanol–water partition coefficient (Wildman–Crippen LogP) is 0.497. The van der Waals surface area contributed by atoms with Gasteiger partial charge in [0.05, 0.1) is 12.7 Å². The monoisotopic (exact) mass is 316 g/mol. The number of benzene rings is 1. The van der Waals surface area contributed by atoms with Gasteiger partial charge in [-0.2, -0.15) is 0 Å². The average Bonchev–Trinajstić information content (AvgIpc) is 2.43. The number of nitrogens with one attached hydrogen (secondary N) is 1. The molecule has 0 saturated heterocycles. The zero-order valence-corrected chi connectivity index (χ0v) is 13.1. The molecule has 0 saturated carbocycles. The lowest BCUT2D eigenvalue weighted by Crippen LogP contribution is -2.31. The molecule has 1 atom stereocenters. The summed E-state index contributed by atoms with van der Waals surface area (Å²) in [4.78, 5) is 11.8. The van der Waals surface area contributed by atoms with Gasteiger partial charge in [0.25, 0.3) is 5.91 Å². The molecule has 0 aliphatic rings. The SMILES string of the molecule is CCOc1ccc(C(=O)NCC(C)OC)cc1S(N)(=O)=O. The van der Waals surface area contributed by atoms with E-state index in [4.69, 9.17) is 14.6 Å². The minimum atomic E-state index is -3.98. The van der Waals surface area contributed by atoms with Crippen LogP contribution >= 0.6 is 0 Å². The van der Waals surface area contributed by atoms with E-state index in [-0.39, 0.29) is 22.3 Å². The normalized spacial score (nSPS) is 12.8. The highest BCUT2D eigenvalue weighted by molar-refractivity contribution is 7.89. The fourth-order valence-electron chi connectivity index (χ4n) is 1.57. The molecule has 0 radical (unpaired) electrons. The maximum atomic E-state index is 12.0. The Labute approximate surface area is 124 Å². The fraction of sp³-hybridized carbons (Fsp3) is 0.462. The molecule has 1 unspecified atom stereocenters. The molecule has 0 heterocycles. The molecule has 1 aromatic carbocycles. The summed E-state index contributed by atoms with van der Waals surface area (Å²) in [6, 6.07) is 4.09. The summed E-state index contributed by atoms with van der Waals surface area (Å²) in [7, 11) is -2.44. The molecule has 0 aliphatic heterocycles. The average molecular weight is 316 g/mol. The highest BCUT2D eigenvalue weighted by atomic mass is 32.2. The third-order valence-electron chi connectivity index (χ3n) is 2.76. The van der Waals surface area contributed by atoms with E-state index in [0.29, 0.717) is 13.2 Å². The molecule has 0 aliphatic carbocycles. The first-order chi connectivity index (χ1) is 9.79. The Morgan fingerprint density at radius 1 is 1.43 bits per heavy atom. The van der Waals surface area contributed by atoms with Crippen molar-refractivity contribution in [3.8, 4) is 5.75 Å². The molecule has 0 spiro atoms. The van der Waals surface area contributed by atoms with Crippen molar-refractivity contribution in [3.05, 3.63) is 23.8 Å². The number of amides is 1. The summed E-state index contributed by atoms with van der Waals surface area (Å²) in [6.07, 6.45) is -0.144. The molecule has 118 valence electrons. The lowest BCUT2D eigenvalue weighted by molar-refractivity contribution is 0.0870. The first-order valence-electron chi connectivity index (χ1n) is 6.40. The van der Waals surface area contributed by atoms with Crippen molar-refractivity contribution in [1.82, 2.24) is 5.32 Å². The minimum absolute atomic E-state index is 0.127. The lowest BCUT2D eigenvalue weighted by atomic mass is 10.2. The van der Waals surface area contributed by atoms with Gasteiger partial charge in [-0.25, -0.2) is 13.6 Å². The van der Waals surface area contributed by atoms with Gasteiger partial charge in [-0.05, 0) is 32.0 Å². The largest absolute Gasteiger partial charge is 0.492 e. The van der Waals surface area contributed by atoms with E-state index >= 15 is 0 Å². The predicted molar refractivity (Wildman–Crippen MR) is 77.8 cm³/mol. The highest BCUT2D eigenvalue weighted by Gasteiger charge is 2.18. The van der Waals surface area contributed by atoms with Crippen LogP contribution < -0.4 is 15.2 Å². The zero-order chi connectivity index (χ0) is 16.0. The molecule has 1 amide bonds. The summed E-state index contributed by atoms with van der Waals surface area (Å²) in [5.41, 5.74) is 0.186. The van der Waals surface area contributed by atoms with Crippen molar-refractivity contribution in [3.63, 3.8) is 0 Å². The maximum absolute atomic E-state index is 12.0. The van der Waals surface area contributed by atoms with Crippen molar-refractivity contribution in [2.24, 2.45) is 5.14 Å². The number of hydrogen-bond acceptors (Lipinski definition) is 5. The number of primary sulfonamides is 1. The number of carbonyl (C=O) groups is 1. The van der Waals surface area contributed by atoms with Crippen LogP contribution in [-0.4, -0.2) is 40.7 Å².